The SMILES string of the molecule is C=CN=CC/C(F)=C\CC. The van der Waals surface area contributed by atoms with Crippen molar-refractivity contribution in [1.82, 2.24) is 0 Å². The highest BCUT2D eigenvalue weighted by molar-refractivity contribution is 5.60. The summed E-state index contributed by atoms with van der Waals surface area (Å²) in [5.41, 5.74) is 0. The maximum atomic E-state index is 12.5. The second-order valence-electron chi connectivity index (χ2n) is 1.78. The first-order valence-corrected chi connectivity index (χ1v) is 3.28. The van der Waals surface area contributed by atoms with Crippen LogP contribution in [0.3, 0.4) is 0 Å². The third kappa shape index (κ3) is 5.22. The summed E-state index contributed by atoms with van der Waals surface area (Å²) in [4.78, 5) is 3.65. The Kier molecular flexibility index (Phi) is 5.63. The number of halogens is 1. The summed E-state index contributed by atoms with van der Waals surface area (Å²) in [6, 6.07) is 0. The van der Waals surface area contributed by atoms with E-state index in [1.807, 2.05) is 6.92 Å². The molecule has 0 saturated heterocycles. The molecule has 0 spiro atoms. The lowest BCUT2D eigenvalue weighted by Crippen LogP contribution is -1.75. The fourth-order valence-electron chi connectivity index (χ4n) is 0.519. The third-order valence-electron chi connectivity index (χ3n) is 0.923. The zero-order chi connectivity index (χ0) is 7.82. The average molecular weight is 141 g/mol. The van der Waals surface area contributed by atoms with Crippen LogP contribution in [0.25, 0.3) is 0 Å². The Morgan fingerprint density at radius 3 is 2.90 bits per heavy atom. The van der Waals surface area contributed by atoms with E-state index in [-0.39, 0.29) is 12.2 Å². The van der Waals surface area contributed by atoms with Gasteiger partial charge in [0.1, 0.15) is 5.83 Å². The third-order valence-corrected chi connectivity index (χ3v) is 0.923. The Labute approximate surface area is 61.0 Å². The molecule has 0 heterocycles. The zero-order valence-electron chi connectivity index (χ0n) is 6.18. The van der Waals surface area contributed by atoms with Gasteiger partial charge in [-0.1, -0.05) is 19.6 Å². The van der Waals surface area contributed by atoms with Gasteiger partial charge in [0.05, 0.1) is 0 Å². The molecule has 2 heteroatoms. The van der Waals surface area contributed by atoms with E-state index >= 15 is 0 Å². The lowest BCUT2D eigenvalue weighted by atomic mass is 10.3. The van der Waals surface area contributed by atoms with Crippen molar-refractivity contribution in [3.63, 3.8) is 0 Å². The first kappa shape index (κ1) is 9.08. The predicted octanol–water partition coefficient (Wildman–Crippen LogP) is 2.85. The topological polar surface area (TPSA) is 12.4 Å². The van der Waals surface area contributed by atoms with Crippen LogP contribution < -0.4 is 0 Å². The molecule has 0 amide bonds. The van der Waals surface area contributed by atoms with Crippen molar-refractivity contribution < 1.29 is 4.39 Å². The van der Waals surface area contributed by atoms with Crippen molar-refractivity contribution in [3.8, 4) is 0 Å². The molecule has 0 aromatic carbocycles. The summed E-state index contributed by atoms with van der Waals surface area (Å²) in [7, 11) is 0. The Bertz CT molecular complexity index is 147. The van der Waals surface area contributed by atoms with Gasteiger partial charge in [0, 0.05) is 18.8 Å². The van der Waals surface area contributed by atoms with Gasteiger partial charge in [-0.05, 0) is 6.42 Å². The molecule has 0 fully saturated rings. The number of allylic oxidation sites excluding steroid dienone is 2. The minimum absolute atomic E-state index is 0.131. The van der Waals surface area contributed by atoms with Gasteiger partial charge in [0.15, 0.2) is 0 Å². The zero-order valence-corrected chi connectivity index (χ0v) is 6.18. The predicted molar refractivity (Wildman–Crippen MR) is 42.8 cm³/mol. The van der Waals surface area contributed by atoms with Crippen molar-refractivity contribution in [2.45, 2.75) is 19.8 Å². The fraction of sp³-hybridized carbons (Fsp3) is 0.375. The molecule has 0 radical (unpaired) electrons. The highest BCUT2D eigenvalue weighted by Crippen LogP contribution is 2.01. The van der Waals surface area contributed by atoms with Crippen LogP contribution in [0.5, 0.6) is 0 Å². The largest absolute Gasteiger partial charge is 0.269 e. The van der Waals surface area contributed by atoms with Gasteiger partial charge in [-0.2, -0.15) is 0 Å². The lowest BCUT2D eigenvalue weighted by molar-refractivity contribution is 0.621. The Balaban J connectivity index is 3.57. The summed E-state index contributed by atoms with van der Waals surface area (Å²) in [5.74, 6) is -0.131. The van der Waals surface area contributed by atoms with E-state index in [1.165, 1.54) is 18.5 Å². The van der Waals surface area contributed by atoms with Crippen LogP contribution >= 0.6 is 0 Å². The van der Waals surface area contributed by atoms with Crippen LogP contribution in [0, 0.1) is 0 Å². The van der Waals surface area contributed by atoms with Crippen molar-refractivity contribution in [3.05, 3.63) is 24.7 Å². The highest BCUT2D eigenvalue weighted by atomic mass is 19.1. The number of hydrogen-bond acceptors (Lipinski definition) is 1. The van der Waals surface area contributed by atoms with Crippen molar-refractivity contribution in [2.75, 3.05) is 0 Å². The van der Waals surface area contributed by atoms with Crippen LogP contribution in [0.2, 0.25) is 0 Å². The van der Waals surface area contributed by atoms with E-state index in [1.54, 1.807) is 0 Å². The Hall–Kier alpha value is -0.920. The van der Waals surface area contributed by atoms with Gasteiger partial charge in [0.2, 0.25) is 0 Å². The van der Waals surface area contributed by atoms with E-state index in [9.17, 15) is 4.39 Å². The van der Waals surface area contributed by atoms with Gasteiger partial charge < -0.3 is 0 Å². The number of hydrogen-bond donors (Lipinski definition) is 0. The maximum absolute atomic E-state index is 12.5. The molecule has 0 aromatic rings. The summed E-state index contributed by atoms with van der Waals surface area (Å²) in [5, 5.41) is 0. The monoisotopic (exact) mass is 141 g/mol. The minimum Gasteiger partial charge on any atom is -0.269 e. The molecule has 0 atom stereocenters. The van der Waals surface area contributed by atoms with Crippen molar-refractivity contribution >= 4 is 6.21 Å². The van der Waals surface area contributed by atoms with Crippen LogP contribution in [-0.2, 0) is 0 Å². The van der Waals surface area contributed by atoms with Gasteiger partial charge in [-0.15, -0.1) is 0 Å². The normalized spacial score (nSPS) is 12.4. The summed E-state index contributed by atoms with van der Waals surface area (Å²) >= 11 is 0. The average Bonchev–Trinajstić information content (AvgIpc) is 1.89. The van der Waals surface area contributed by atoms with Crippen LogP contribution in [-0.4, -0.2) is 6.21 Å². The molecule has 10 heavy (non-hydrogen) atoms. The van der Waals surface area contributed by atoms with Crippen molar-refractivity contribution in [1.29, 1.82) is 0 Å². The lowest BCUT2D eigenvalue weighted by Gasteiger charge is -1.86. The molecule has 1 nitrogen and oxygen atoms in total. The van der Waals surface area contributed by atoms with Gasteiger partial charge in [0.25, 0.3) is 0 Å². The van der Waals surface area contributed by atoms with E-state index in [4.69, 9.17) is 0 Å². The number of rotatable bonds is 4. The van der Waals surface area contributed by atoms with Crippen LogP contribution in [0.15, 0.2) is 29.7 Å². The molecular formula is C8H12FN. The van der Waals surface area contributed by atoms with Crippen molar-refractivity contribution in [2.24, 2.45) is 4.99 Å². The fourth-order valence-corrected chi connectivity index (χ4v) is 0.519. The Morgan fingerprint density at radius 1 is 1.70 bits per heavy atom. The molecule has 0 aliphatic rings. The highest BCUT2D eigenvalue weighted by Gasteiger charge is 1.87. The molecule has 0 aliphatic heterocycles. The second-order valence-corrected chi connectivity index (χ2v) is 1.78. The smallest absolute Gasteiger partial charge is 0.101 e. The number of aliphatic imine (C=N–C) groups is 1. The second kappa shape index (κ2) is 6.20. The first-order chi connectivity index (χ1) is 4.81. The molecule has 0 aromatic heterocycles. The minimum atomic E-state index is -0.131. The maximum Gasteiger partial charge on any atom is 0.101 e. The number of nitrogens with zero attached hydrogens (tertiary/aromatic N) is 1. The van der Waals surface area contributed by atoms with E-state index < -0.39 is 0 Å². The molecule has 0 N–H and O–H groups in total. The summed E-state index contributed by atoms with van der Waals surface area (Å²) in [6.45, 7) is 5.26. The molecule has 0 aliphatic carbocycles. The first-order valence-electron chi connectivity index (χ1n) is 3.28. The van der Waals surface area contributed by atoms with E-state index in [0.717, 1.165) is 6.42 Å². The Morgan fingerprint density at radius 2 is 2.40 bits per heavy atom. The van der Waals surface area contributed by atoms with Crippen LogP contribution in [0.4, 0.5) is 4.39 Å². The van der Waals surface area contributed by atoms with E-state index in [0.29, 0.717) is 0 Å². The quantitative estimate of drug-likeness (QED) is 0.534. The summed E-state index contributed by atoms with van der Waals surface area (Å²) < 4.78 is 12.5. The van der Waals surface area contributed by atoms with Crippen LogP contribution in [0.1, 0.15) is 19.8 Å². The summed E-state index contributed by atoms with van der Waals surface area (Å²) in [6.07, 6.45) is 5.43. The van der Waals surface area contributed by atoms with E-state index in [2.05, 4.69) is 11.6 Å². The molecule has 0 unspecified atom stereocenters. The molecule has 0 bridgehead atoms. The standard InChI is InChI=1S/C8H12FN/c1-3-5-8(9)6-7-10-4-2/h4-5,7H,2-3,6H2,1H3/b8-5+,10-7?. The molecule has 0 saturated carbocycles. The van der Waals surface area contributed by atoms with Gasteiger partial charge in [-0.3, -0.25) is 4.99 Å². The van der Waals surface area contributed by atoms with Gasteiger partial charge in [-0.25, -0.2) is 4.39 Å². The molecule has 56 valence electrons. The molecule has 0 rings (SSSR count). The van der Waals surface area contributed by atoms with Gasteiger partial charge >= 0.3 is 0 Å². The molecular weight excluding hydrogens is 129 g/mol.